The molecule has 10 nitrogen and oxygen atoms in total. The third kappa shape index (κ3) is 4.76. The van der Waals surface area contributed by atoms with Crippen molar-refractivity contribution in [2.24, 2.45) is 7.05 Å². The molecule has 0 aliphatic heterocycles. The minimum atomic E-state index is -3.92. The summed E-state index contributed by atoms with van der Waals surface area (Å²) in [6, 6.07) is 6.87. The van der Waals surface area contributed by atoms with E-state index >= 15 is 0 Å². The lowest BCUT2D eigenvalue weighted by molar-refractivity contribution is 0.539. The highest BCUT2D eigenvalue weighted by molar-refractivity contribution is 7.93. The molecule has 30 heavy (non-hydrogen) atoms. The molecular weight excluding hydrogens is 428 g/mol. The highest BCUT2D eigenvalue weighted by atomic mass is 32.2. The summed E-state index contributed by atoms with van der Waals surface area (Å²) in [6.45, 7) is 5.62. The maximum atomic E-state index is 12.9. The number of rotatable bonds is 6. The molecule has 2 N–H and O–H groups in total. The average molecular weight is 451 g/mol. The molecule has 0 spiro atoms. The topological polar surface area (TPSA) is 136 Å². The summed E-state index contributed by atoms with van der Waals surface area (Å²) in [6.07, 6.45) is 4.26. The zero-order valence-corrected chi connectivity index (χ0v) is 18.5. The SMILES string of the molecule is Cn1cc(S(=O)(=O)Nc2ccc(S(=O)(=O)Nc3ncccn3)cc2)c(C(C)(C)C)n1. The van der Waals surface area contributed by atoms with Crippen molar-refractivity contribution >= 4 is 31.7 Å². The maximum absolute atomic E-state index is 12.9. The summed E-state index contributed by atoms with van der Waals surface area (Å²) in [5.41, 5.74) is 0.173. The van der Waals surface area contributed by atoms with Gasteiger partial charge in [-0.05, 0) is 30.3 Å². The van der Waals surface area contributed by atoms with Gasteiger partial charge in [0.1, 0.15) is 4.90 Å². The van der Waals surface area contributed by atoms with Gasteiger partial charge in [0.2, 0.25) is 5.95 Å². The first-order valence-electron chi connectivity index (χ1n) is 8.85. The van der Waals surface area contributed by atoms with E-state index in [1.54, 1.807) is 13.1 Å². The van der Waals surface area contributed by atoms with Gasteiger partial charge in [-0.1, -0.05) is 20.8 Å². The number of nitrogens with zero attached hydrogens (tertiary/aromatic N) is 4. The molecule has 0 atom stereocenters. The third-order valence-electron chi connectivity index (χ3n) is 4.00. The van der Waals surface area contributed by atoms with E-state index in [0.29, 0.717) is 5.69 Å². The number of aryl methyl sites for hydroxylation is 1. The van der Waals surface area contributed by atoms with Crippen molar-refractivity contribution in [3.8, 4) is 0 Å². The molecule has 2 heterocycles. The molecule has 3 aromatic rings. The molecule has 3 rings (SSSR count). The molecule has 0 fully saturated rings. The van der Waals surface area contributed by atoms with Crippen LogP contribution in [0.3, 0.4) is 0 Å². The molecule has 2 aromatic heterocycles. The van der Waals surface area contributed by atoms with E-state index in [9.17, 15) is 16.8 Å². The number of anilines is 2. The molecule has 160 valence electrons. The standard InChI is InChI=1S/C18H22N6O4S2/c1-18(2,3)16-15(12-24(4)21-16)30(27,28)22-13-6-8-14(9-7-13)29(25,26)23-17-19-10-5-11-20-17/h5-12,22H,1-4H3,(H,19,20,23). The molecular formula is C18H22N6O4S2. The van der Waals surface area contributed by atoms with Crippen LogP contribution in [0.1, 0.15) is 26.5 Å². The summed E-state index contributed by atoms with van der Waals surface area (Å²) in [5.74, 6) is -0.0615. The zero-order valence-electron chi connectivity index (χ0n) is 16.9. The van der Waals surface area contributed by atoms with Crippen molar-refractivity contribution in [2.45, 2.75) is 36.0 Å². The number of aromatic nitrogens is 4. The van der Waals surface area contributed by atoms with E-state index in [0.717, 1.165) is 0 Å². The molecule has 0 amide bonds. The molecule has 0 unspecified atom stereocenters. The Morgan fingerprint density at radius 2 is 1.50 bits per heavy atom. The fourth-order valence-electron chi connectivity index (χ4n) is 2.63. The van der Waals surface area contributed by atoms with Gasteiger partial charge in [0.15, 0.2) is 0 Å². The van der Waals surface area contributed by atoms with Crippen molar-refractivity contribution in [3.63, 3.8) is 0 Å². The van der Waals surface area contributed by atoms with Crippen LogP contribution in [-0.2, 0) is 32.5 Å². The lowest BCUT2D eigenvalue weighted by Gasteiger charge is -2.18. The molecule has 0 radical (unpaired) electrons. The molecule has 0 saturated carbocycles. The van der Waals surface area contributed by atoms with E-state index in [1.165, 1.54) is 47.5 Å². The Hall–Kier alpha value is -2.99. The first-order chi connectivity index (χ1) is 13.9. The highest BCUT2D eigenvalue weighted by Gasteiger charge is 2.29. The number of hydrogen-bond donors (Lipinski definition) is 2. The van der Waals surface area contributed by atoms with Crippen molar-refractivity contribution in [1.82, 2.24) is 19.7 Å². The van der Waals surface area contributed by atoms with Gasteiger partial charge in [-0.2, -0.15) is 5.10 Å². The Labute approximate surface area is 175 Å². The predicted molar refractivity (Wildman–Crippen MR) is 112 cm³/mol. The third-order valence-corrected chi connectivity index (χ3v) is 6.73. The zero-order chi connectivity index (χ0) is 22.2. The molecule has 0 aliphatic rings. The first-order valence-corrected chi connectivity index (χ1v) is 11.8. The Kier molecular flexibility index (Phi) is 5.56. The second-order valence-corrected chi connectivity index (χ2v) is 10.9. The van der Waals surface area contributed by atoms with Gasteiger partial charge < -0.3 is 0 Å². The van der Waals surface area contributed by atoms with Crippen LogP contribution in [0.2, 0.25) is 0 Å². The minimum Gasteiger partial charge on any atom is -0.280 e. The highest BCUT2D eigenvalue weighted by Crippen LogP contribution is 2.29. The van der Waals surface area contributed by atoms with Crippen LogP contribution in [0.25, 0.3) is 0 Å². The number of benzene rings is 1. The van der Waals surface area contributed by atoms with Crippen LogP contribution >= 0.6 is 0 Å². The van der Waals surface area contributed by atoms with Crippen molar-refractivity contribution < 1.29 is 16.8 Å². The summed E-state index contributed by atoms with van der Waals surface area (Å²) < 4.78 is 56.8. The van der Waals surface area contributed by atoms with Gasteiger partial charge in [-0.25, -0.2) is 31.5 Å². The van der Waals surface area contributed by atoms with E-state index < -0.39 is 25.5 Å². The fraction of sp³-hybridized carbons (Fsp3) is 0.278. The lowest BCUT2D eigenvalue weighted by atomic mass is 9.92. The van der Waals surface area contributed by atoms with Crippen LogP contribution in [0, 0.1) is 0 Å². The van der Waals surface area contributed by atoms with Crippen molar-refractivity contribution in [1.29, 1.82) is 0 Å². The summed E-state index contributed by atoms with van der Waals surface area (Å²) in [7, 11) is -6.19. The van der Waals surface area contributed by atoms with E-state index in [1.807, 2.05) is 20.8 Å². The van der Waals surface area contributed by atoms with Crippen LogP contribution in [0.5, 0.6) is 0 Å². The second kappa shape index (κ2) is 7.69. The first kappa shape index (κ1) is 21.7. The van der Waals surface area contributed by atoms with Crippen molar-refractivity contribution in [3.05, 3.63) is 54.6 Å². The Morgan fingerprint density at radius 1 is 0.900 bits per heavy atom. The summed E-state index contributed by atoms with van der Waals surface area (Å²) in [4.78, 5) is 7.64. The van der Waals surface area contributed by atoms with Gasteiger partial charge in [-0.3, -0.25) is 9.40 Å². The van der Waals surface area contributed by atoms with Crippen molar-refractivity contribution in [2.75, 3.05) is 9.44 Å². The summed E-state index contributed by atoms with van der Waals surface area (Å²) in [5, 5.41) is 4.27. The van der Waals surface area contributed by atoms with Gasteiger partial charge >= 0.3 is 0 Å². The average Bonchev–Trinajstić information content (AvgIpc) is 3.06. The van der Waals surface area contributed by atoms with Crippen LogP contribution in [0.15, 0.2) is 58.7 Å². The number of nitrogens with one attached hydrogen (secondary N) is 2. The van der Waals surface area contributed by atoms with Crippen LogP contribution in [0.4, 0.5) is 11.6 Å². The molecule has 0 bridgehead atoms. The maximum Gasteiger partial charge on any atom is 0.265 e. The summed E-state index contributed by atoms with van der Waals surface area (Å²) >= 11 is 0. The predicted octanol–water partition coefficient (Wildman–Crippen LogP) is 2.11. The van der Waals surface area contributed by atoms with Crippen LogP contribution < -0.4 is 9.44 Å². The quantitative estimate of drug-likeness (QED) is 0.587. The van der Waals surface area contributed by atoms with Gasteiger partial charge in [0, 0.05) is 36.7 Å². The normalized spacial score (nSPS) is 12.5. The van der Waals surface area contributed by atoms with Gasteiger partial charge in [0.25, 0.3) is 20.0 Å². The lowest BCUT2D eigenvalue weighted by Crippen LogP contribution is -2.20. The number of sulfonamides is 2. The Balaban J connectivity index is 1.84. The molecule has 0 aliphatic carbocycles. The number of hydrogen-bond acceptors (Lipinski definition) is 7. The largest absolute Gasteiger partial charge is 0.280 e. The molecule has 12 heteroatoms. The van der Waals surface area contributed by atoms with Gasteiger partial charge in [-0.15, -0.1) is 0 Å². The second-order valence-electron chi connectivity index (χ2n) is 7.57. The molecule has 0 saturated heterocycles. The van der Waals surface area contributed by atoms with Gasteiger partial charge in [0.05, 0.1) is 10.6 Å². The van der Waals surface area contributed by atoms with E-state index in [2.05, 4.69) is 24.5 Å². The van der Waals surface area contributed by atoms with Crippen LogP contribution in [-0.4, -0.2) is 36.6 Å². The van der Waals surface area contributed by atoms with E-state index in [4.69, 9.17) is 0 Å². The Bertz CT molecular complexity index is 1250. The minimum absolute atomic E-state index is 0.0605. The smallest absolute Gasteiger partial charge is 0.265 e. The molecule has 1 aromatic carbocycles. The monoisotopic (exact) mass is 450 g/mol. The van der Waals surface area contributed by atoms with E-state index in [-0.39, 0.29) is 21.4 Å². The Morgan fingerprint density at radius 3 is 2.07 bits per heavy atom. The fourth-order valence-corrected chi connectivity index (χ4v) is 5.03.